The molecule has 0 bridgehead atoms. The Morgan fingerprint density at radius 3 is 2.55 bits per heavy atom. The van der Waals surface area contributed by atoms with E-state index in [0.29, 0.717) is 13.0 Å². The van der Waals surface area contributed by atoms with Crippen LogP contribution in [0.15, 0.2) is 30.3 Å². The summed E-state index contributed by atoms with van der Waals surface area (Å²) in [7, 11) is 1.61. The van der Waals surface area contributed by atoms with E-state index in [4.69, 9.17) is 9.84 Å². The molecule has 0 aliphatic heterocycles. The summed E-state index contributed by atoms with van der Waals surface area (Å²) in [4.78, 5) is 12.0. The number of urea groups is 1. The second kappa shape index (κ2) is 9.34. The van der Waals surface area contributed by atoms with Crippen molar-refractivity contribution >= 4 is 6.03 Å². The predicted molar refractivity (Wildman–Crippen MR) is 78.5 cm³/mol. The van der Waals surface area contributed by atoms with Crippen LogP contribution in [0.4, 0.5) is 4.79 Å². The number of benzene rings is 1. The van der Waals surface area contributed by atoms with Crippen LogP contribution in [-0.2, 0) is 4.74 Å². The zero-order chi connectivity index (χ0) is 14.8. The van der Waals surface area contributed by atoms with E-state index in [-0.39, 0.29) is 24.7 Å². The molecule has 1 unspecified atom stereocenters. The van der Waals surface area contributed by atoms with Crippen LogP contribution in [0.3, 0.4) is 0 Å². The van der Waals surface area contributed by atoms with Gasteiger partial charge in [-0.05, 0) is 18.4 Å². The van der Waals surface area contributed by atoms with Crippen molar-refractivity contribution in [2.75, 3.05) is 20.3 Å². The van der Waals surface area contributed by atoms with Crippen molar-refractivity contribution in [3.63, 3.8) is 0 Å². The van der Waals surface area contributed by atoms with Crippen molar-refractivity contribution in [1.29, 1.82) is 0 Å². The van der Waals surface area contributed by atoms with Crippen molar-refractivity contribution in [3.8, 4) is 0 Å². The number of amides is 2. The fourth-order valence-corrected chi connectivity index (χ4v) is 1.98. The van der Waals surface area contributed by atoms with Crippen molar-refractivity contribution in [3.05, 3.63) is 35.9 Å². The van der Waals surface area contributed by atoms with Crippen LogP contribution in [0, 0.1) is 0 Å². The summed E-state index contributed by atoms with van der Waals surface area (Å²) in [6, 6.07) is 9.19. The highest BCUT2D eigenvalue weighted by atomic mass is 16.5. The van der Waals surface area contributed by atoms with Gasteiger partial charge < -0.3 is 20.5 Å². The topological polar surface area (TPSA) is 70.6 Å². The lowest BCUT2D eigenvalue weighted by molar-refractivity contribution is 0.162. The van der Waals surface area contributed by atoms with Gasteiger partial charge in [0.05, 0.1) is 18.7 Å². The van der Waals surface area contributed by atoms with E-state index >= 15 is 0 Å². The minimum Gasteiger partial charge on any atom is -0.396 e. The minimum absolute atomic E-state index is 0.00875. The molecule has 0 saturated carbocycles. The maximum atomic E-state index is 12.0. The van der Waals surface area contributed by atoms with Gasteiger partial charge in [-0.25, -0.2) is 4.79 Å². The molecule has 2 atom stereocenters. The van der Waals surface area contributed by atoms with Crippen LogP contribution in [0.1, 0.15) is 31.4 Å². The van der Waals surface area contributed by atoms with Gasteiger partial charge in [-0.2, -0.15) is 0 Å². The van der Waals surface area contributed by atoms with Crippen molar-refractivity contribution in [2.45, 2.75) is 31.8 Å². The van der Waals surface area contributed by atoms with Crippen LogP contribution >= 0.6 is 0 Å². The number of carbonyl (C=O) groups excluding carboxylic acids is 1. The van der Waals surface area contributed by atoms with Gasteiger partial charge in [0.15, 0.2) is 0 Å². The maximum absolute atomic E-state index is 12.0. The fraction of sp³-hybridized carbons (Fsp3) is 0.533. The molecule has 0 aliphatic rings. The molecule has 5 nitrogen and oxygen atoms in total. The molecule has 20 heavy (non-hydrogen) atoms. The van der Waals surface area contributed by atoms with Crippen LogP contribution < -0.4 is 10.6 Å². The molecule has 0 fully saturated rings. The number of ether oxygens (including phenoxy) is 1. The van der Waals surface area contributed by atoms with E-state index in [0.717, 1.165) is 12.0 Å². The second-order valence-corrected chi connectivity index (χ2v) is 4.65. The number of hydrogen-bond donors (Lipinski definition) is 3. The highest BCUT2D eigenvalue weighted by Crippen LogP contribution is 2.15. The third-order valence-electron chi connectivity index (χ3n) is 3.12. The Labute approximate surface area is 120 Å². The summed E-state index contributed by atoms with van der Waals surface area (Å²) >= 11 is 0. The lowest BCUT2D eigenvalue weighted by Gasteiger charge is -2.21. The highest BCUT2D eigenvalue weighted by Gasteiger charge is 2.16. The Morgan fingerprint density at radius 2 is 2.00 bits per heavy atom. The van der Waals surface area contributed by atoms with E-state index in [9.17, 15) is 4.79 Å². The number of aliphatic hydroxyl groups is 1. The normalized spacial score (nSPS) is 13.6. The standard InChI is InChI=1S/C15H24N2O3/c1-3-13(11-20-2)16-15(19)17-14(9-10-18)12-7-5-4-6-8-12/h4-8,13-14,18H,3,9-11H2,1-2H3,(H2,16,17,19)/t13?,14-/m1/s1. The molecule has 2 amide bonds. The first-order valence-electron chi connectivity index (χ1n) is 6.93. The molecule has 0 saturated heterocycles. The monoisotopic (exact) mass is 280 g/mol. The summed E-state index contributed by atoms with van der Waals surface area (Å²) in [5.41, 5.74) is 0.983. The molecular weight excluding hydrogens is 256 g/mol. The molecular formula is C15H24N2O3. The van der Waals surface area contributed by atoms with E-state index in [2.05, 4.69) is 10.6 Å². The number of rotatable bonds is 8. The molecule has 112 valence electrons. The molecule has 1 rings (SSSR count). The minimum atomic E-state index is -0.240. The van der Waals surface area contributed by atoms with Gasteiger partial charge >= 0.3 is 6.03 Å². The summed E-state index contributed by atoms with van der Waals surface area (Å²) in [6.45, 7) is 2.50. The third kappa shape index (κ3) is 5.59. The molecule has 1 aromatic carbocycles. The Kier molecular flexibility index (Phi) is 7.69. The van der Waals surface area contributed by atoms with Gasteiger partial charge in [-0.3, -0.25) is 0 Å². The fourth-order valence-electron chi connectivity index (χ4n) is 1.98. The smallest absolute Gasteiger partial charge is 0.315 e. The van der Waals surface area contributed by atoms with Gasteiger partial charge in [0, 0.05) is 13.7 Å². The first-order valence-corrected chi connectivity index (χ1v) is 6.93. The summed E-state index contributed by atoms with van der Waals surface area (Å²) in [5.74, 6) is 0. The van der Waals surface area contributed by atoms with E-state index < -0.39 is 0 Å². The van der Waals surface area contributed by atoms with Gasteiger partial charge in [0.2, 0.25) is 0 Å². The summed E-state index contributed by atoms with van der Waals surface area (Å²) in [6.07, 6.45) is 1.29. The molecule has 0 aromatic heterocycles. The molecule has 0 heterocycles. The van der Waals surface area contributed by atoms with Gasteiger partial charge in [-0.1, -0.05) is 37.3 Å². The van der Waals surface area contributed by atoms with E-state index in [1.54, 1.807) is 7.11 Å². The van der Waals surface area contributed by atoms with Gasteiger partial charge in [0.1, 0.15) is 0 Å². The van der Waals surface area contributed by atoms with E-state index in [1.807, 2.05) is 37.3 Å². The first kappa shape index (κ1) is 16.5. The van der Waals surface area contributed by atoms with Crippen LogP contribution in [0.2, 0.25) is 0 Å². The maximum Gasteiger partial charge on any atom is 0.315 e. The van der Waals surface area contributed by atoms with Crippen molar-refractivity contribution < 1.29 is 14.6 Å². The second-order valence-electron chi connectivity index (χ2n) is 4.65. The lowest BCUT2D eigenvalue weighted by Crippen LogP contribution is -2.45. The summed E-state index contributed by atoms with van der Waals surface area (Å²) in [5, 5.41) is 14.9. The third-order valence-corrected chi connectivity index (χ3v) is 3.12. The van der Waals surface area contributed by atoms with Crippen LogP contribution in [0.5, 0.6) is 0 Å². The zero-order valence-electron chi connectivity index (χ0n) is 12.1. The number of hydrogen-bond acceptors (Lipinski definition) is 3. The van der Waals surface area contributed by atoms with Crippen LogP contribution in [-0.4, -0.2) is 37.5 Å². The Bertz CT molecular complexity index is 384. The Morgan fingerprint density at radius 1 is 1.30 bits per heavy atom. The number of methoxy groups -OCH3 is 1. The van der Waals surface area contributed by atoms with Crippen molar-refractivity contribution in [1.82, 2.24) is 10.6 Å². The predicted octanol–water partition coefficient (Wildman–Crippen LogP) is 1.83. The molecule has 3 N–H and O–H groups in total. The number of nitrogens with one attached hydrogen (secondary N) is 2. The molecule has 0 radical (unpaired) electrons. The summed E-state index contributed by atoms with van der Waals surface area (Å²) < 4.78 is 5.05. The average molecular weight is 280 g/mol. The quantitative estimate of drug-likeness (QED) is 0.680. The Balaban J connectivity index is 2.59. The SMILES string of the molecule is CCC(COC)NC(=O)N[C@H](CCO)c1ccccc1. The average Bonchev–Trinajstić information content (AvgIpc) is 2.47. The molecule has 5 heteroatoms. The first-order chi connectivity index (χ1) is 9.71. The molecule has 0 aliphatic carbocycles. The van der Waals surface area contributed by atoms with E-state index in [1.165, 1.54) is 0 Å². The van der Waals surface area contributed by atoms with Gasteiger partial charge in [0.25, 0.3) is 0 Å². The molecule has 0 spiro atoms. The lowest BCUT2D eigenvalue weighted by atomic mass is 10.0. The largest absolute Gasteiger partial charge is 0.396 e. The van der Waals surface area contributed by atoms with Crippen molar-refractivity contribution in [2.24, 2.45) is 0 Å². The number of carbonyl (C=O) groups is 1. The Hall–Kier alpha value is -1.59. The van der Waals surface area contributed by atoms with Crippen LogP contribution in [0.25, 0.3) is 0 Å². The zero-order valence-corrected chi connectivity index (χ0v) is 12.1. The number of aliphatic hydroxyl groups excluding tert-OH is 1. The highest BCUT2D eigenvalue weighted by molar-refractivity contribution is 5.74. The van der Waals surface area contributed by atoms with Gasteiger partial charge in [-0.15, -0.1) is 0 Å². The molecule has 1 aromatic rings.